The fraction of sp³-hybridized carbons (Fsp3) is 0.500. The zero-order valence-corrected chi connectivity index (χ0v) is 13.4. The van der Waals surface area contributed by atoms with Crippen LogP contribution in [0.3, 0.4) is 0 Å². The first-order valence-corrected chi connectivity index (χ1v) is 8.45. The van der Waals surface area contributed by atoms with E-state index in [2.05, 4.69) is 0 Å². The van der Waals surface area contributed by atoms with Gasteiger partial charge in [-0.15, -0.1) is 0 Å². The van der Waals surface area contributed by atoms with Gasteiger partial charge in [0.05, 0.1) is 11.3 Å². The molecule has 1 aromatic rings. The number of aliphatic carboxylic acids is 1. The maximum Gasteiger partial charge on any atom is 0.416 e. The highest BCUT2D eigenvalue weighted by Gasteiger charge is 2.34. The van der Waals surface area contributed by atoms with Crippen molar-refractivity contribution in [2.45, 2.75) is 38.2 Å². The summed E-state index contributed by atoms with van der Waals surface area (Å²) in [4.78, 5) is 11.1. The number of sulfonamides is 1. The smallest absolute Gasteiger partial charge is 0.416 e. The molecule has 1 aromatic carbocycles. The van der Waals surface area contributed by atoms with Crippen molar-refractivity contribution in [3.8, 4) is 0 Å². The third-order valence-corrected chi connectivity index (χ3v) is 4.33. The van der Waals surface area contributed by atoms with E-state index < -0.39 is 45.1 Å². The van der Waals surface area contributed by atoms with E-state index in [1.54, 1.807) is 13.8 Å². The molecule has 0 aliphatic rings. The molecule has 0 amide bonds. The van der Waals surface area contributed by atoms with Crippen molar-refractivity contribution in [2.24, 2.45) is 5.92 Å². The molecular formula is C14H18F3NO4S. The minimum Gasteiger partial charge on any atom is -0.480 e. The van der Waals surface area contributed by atoms with Crippen molar-refractivity contribution in [1.29, 1.82) is 0 Å². The molecule has 0 heterocycles. The number of hydrogen-bond donors (Lipinski definition) is 2. The summed E-state index contributed by atoms with van der Waals surface area (Å²) in [6.07, 6.45) is -4.65. The van der Waals surface area contributed by atoms with Crippen molar-refractivity contribution in [3.05, 3.63) is 35.4 Å². The van der Waals surface area contributed by atoms with Crippen LogP contribution in [-0.4, -0.2) is 25.5 Å². The number of carbonyl (C=O) groups is 1. The van der Waals surface area contributed by atoms with Gasteiger partial charge in [-0.1, -0.05) is 32.0 Å². The van der Waals surface area contributed by atoms with Crippen molar-refractivity contribution in [2.75, 3.05) is 0 Å². The minimum absolute atomic E-state index is 0.0372. The van der Waals surface area contributed by atoms with Crippen LogP contribution in [0.4, 0.5) is 13.2 Å². The number of carboxylic acid groups (broad SMARTS) is 1. The molecular weight excluding hydrogens is 335 g/mol. The van der Waals surface area contributed by atoms with Crippen LogP contribution in [0.5, 0.6) is 0 Å². The summed E-state index contributed by atoms with van der Waals surface area (Å²) in [7, 11) is -4.24. The molecule has 0 saturated heterocycles. The molecule has 0 bridgehead atoms. The van der Waals surface area contributed by atoms with Gasteiger partial charge in [-0.2, -0.15) is 13.2 Å². The maximum absolute atomic E-state index is 12.9. The SMILES string of the molecule is CC(C)CC(NS(=O)(=O)Cc1ccccc1C(F)(F)F)C(=O)O. The van der Waals surface area contributed by atoms with Crippen LogP contribution in [-0.2, 0) is 26.7 Å². The summed E-state index contributed by atoms with van der Waals surface area (Å²) in [5, 5.41) is 9.03. The second-order valence-corrected chi connectivity index (χ2v) is 7.31. The Bertz CT molecular complexity index is 656. The predicted molar refractivity (Wildman–Crippen MR) is 78.1 cm³/mol. The Morgan fingerprint density at radius 1 is 1.26 bits per heavy atom. The second kappa shape index (κ2) is 7.31. The fourth-order valence-electron chi connectivity index (χ4n) is 2.06. The average Bonchev–Trinajstić information content (AvgIpc) is 2.35. The number of alkyl halides is 3. The van der Waals surface area contributed by atoms with Gasteiger partial charge in [0.15, 0.2) is 0 Å². The highest BCUT2D eigenvalue weighted by molar-refractivity contribution is 7.88. The Kier molecular flexibility index (Phi) is 6.18. The topological polar surface area (TPSA) is 83.5 Å². The summed E-state index contributed by atoms with van der Waals surface area (Å²) in [6.45, 7) is 3.42. The van der Waals surface area contributed by atoms with Gasteiger partial charge < -0.3 is 5.11 Å². The van der Waals surface area contributed by atoms with Gasteiger partial charge in [0.2, 0.25) is 10.0 Å². The molecule has 0 aromatic heterocycles. The molecule has 1 unspecified atom stereocenters. The molecule has 0 aliphatic heterocycles. The van der Waals surface area contributed by atoms with Crippen molar-refractivity contribution in [3.63, 3.8) is 0 Å². The van der Waals surface area contributed by atoms with E-state index >= 15 is 0 Å². The molecule has 1 atom stereocenters. The van der Waals surface area contributed by atoms with Gasteiger partial charge in [0.25, 0.3) is 0 Å². The number of halogens is 3. The van der Waals surface area contributed by atoms with E-state index in [-0.39, 0.29) is 12.3 Å². The minimum atomic E-state index is -4.68. The number of nitrogens with one attached hydrogen (secondary N) is 1. The molecule has 130 valence electrons. The largest absolute Gasteiger partial charge is 0.480 e. The molecule has 5 nitrogen and oxygen atoms in total. The maximum atomic E-state index is 12.9. The lowest BCUT2D eigenvalue weighted by Gasteiger charge is -2.18. The van der Waals surface area contributed by atoms with Gasteiger partial charge >= 0.3 is 12.1 Å². The standard InChI is InChI=1S/C14H18F3NO4S/c1-9(2)7-12(13(19)20)18-23(21,22)8-10-5-3-4-6-11(10)14(15,16)17/h3-6,9,12,18H,7-8H2,1-2H3,(H,19,20). The summed E-state index contributed by atoms with van der Waals surface area (Å²) in [5.74, 6) is -2.41. The van der Waals surface area contributed by atoms with Crippen LogP contribution in [0.1, 0.15) is 31.4 Å². The summed E-state index contributed by atoms with van der Waals surface area (Å²) in [5.41, 5.74) is -1.48. The molecule has 0 aliphatic carbocycles. The molecule has 0 radical (unpaired) electrons. The number of benzene rings is 1. The molecule has 23 heavy (non-hydrogen) atoms. The van der Waals surface area contributed by atoms with Gasteiger partial charge in [-0.05, 0) is 24.0 Å². The molecule has 0 fully saturated rings. The fourth-order valence-corrected chi connectivity index (χ4v) is 3.43. The van der Waals surface area contributed by atoms with Gasteiger partial charge in [-0.25, -0.2) is 13.1 Å². The normalized spacial score (nSPS) is 14.0. The lowest BCUT2D eigenvalue weighted by atomic mass is 10.1. The quantitative estimate of drug-likeness (QED) is 0.789. The Morgan fingerprint density at radius 3 is 2.30 bits per heavy atom. The highest BCUT2D eigenvalue weighted by Crippen LogP contribution is 2.32. The van der Waals surface area contributed by atoms with E-state index in [1.807, 2.05) is 4.72 Å². The van der Waals surface area contributed by atoms with E-state index in [1.165, 1.54) is 6.07 Å². The number of carboxylic acids is 1. The third-order valence-electron chi connectivity index (χ3n) is 3.00. The number of hydrogen-bond acceptors (Lipinski definition) is 3. The van der Waals surface area contributed by atoms with Gasteiger partial charge in [0.1, 0.15) is 6.04 Å². The monoisotopic (exact) mass is 353 g/mol. The molecule has 2 N–H and O–H groups in total. The van der Waals surface area contributed by atoms with Crippen LogP contribution in [0.2, 0.25) is 0 Å². The second-order valence-electron chi connectivity index (χ2n) is 5.55. The molecule has 1 rings (SSSR count). The summed E-state index contributed by atoms with van der Waals surface area (Å²) < 4.78 is 64.7. The Labute approximate surface area is 132 Å². The lowest BCUT2D eigenvalue weighted by molar-refractivity contribution is -0.139. The van der Waals surface area contributed by atoms with Crippen molar-refractivity contribution < 1.29 is 31.5 Å². The van der Waals surface area contributed by atoms with Crippen LogP contribution in [0.15, 0.2) is 24.3 Å². The highest BCUT2D eigenvalue weighted by atomic mass is 32.2. The van der Waals surface area contributed by atoms with E-state index in [0.29, 0.717) is 0 Å². The first-order valence-electron chi connectivity index (χ1n) is 6.80. The molecule has 9 heteroatoms. The third kappa shape index (κ3) is 6.19. The Morgan fingerprint density at radius 2 is 1.83 bits per heavy atom. The Balaban J connectivity index is 3.01. The average molecular weight is 353 g/mol. The summed E-state index contributed by atoms with van der Waals surface area (Å²) in [6, 6.07) is 2.92. The van der Waals surface area contributed by atoms with Crippen LogP contribution in [0, 0.1) is 5.92 Å². The lowest BCUT2D eigenvalue weighted by Crippen LogP contribution is -2.42. The zero-order valence-electron chi connectivity index (χ0n) is 12.6. The zero-order chi connectivity index (χ0) is 17.8. The van der Waals surface area contributed by atoms with Gasteiger partial charge in [-0.3, -0.25) is 4.79 Å². The van der Waals surface area contributed by atoms with Crippen molar-refractivity contribution in [1.82, 2.24) is 4.72 Å². The van der Waals surface area contributed by atoms with Crippen LogP contribution in [0.25, 0.3) is 0 Å². The molecule has 0 spiro atoms. The molecule has 0 saturated carbocycles. The first kappa shape index (κ1) is 19.4. The first-order chi connectivity index (χ1) is 10.4. The number of rotatable bonds is 7. The summed E-state index contributed by atoms with van der Waals surface area (Å²) >= 11 is 0. The van der Waals surface area contributed by atoms with Crippen LogP contribution < -0.4 is 4.72 Å². The predicted octanol–water partition coefficient (Wildman–Crippen LogP) is 2.62. The van der Waals surface area contributed by atoms with Crippen LogP contribution >= 0.6 is 0 Å². The van der Waals surface area contributed by atoms with E-state index in [9.17, 15) is 26.4 Å². The Hall–Kier alpha value is -1.61. The van der Waals surface area contributed by atoms with Gasteiger partial charge in [0, 0.05) is 0 Å². The van der Waals surface area contributed by atoms with E-state index in [4.69, 9.17) is 5.11 Å². The van der Waals surface area contributed by atoms with Crippen molar-refractivity contribution >= 4 is 16.0 Å². The van der Waals surface area contributed by atoms with E-state index in [0.717, 1.165) is 18.2 Å².